The summed E-state index contributed by atoms with van der Waals surface area (Å²) in [6.07, 6.45) is -4.16. The third-order valence-corrected chi connectivity index (χ3v) is 2.03. The lowest BCUT2D eigenvalue weighted by atomic mass is 10.1. The summed E-state index contributed by atoms with van der Waals surface area (Å²) in [6, 6.07) is 3.58. The van der Waals surface area contributed by atoms with E-state index >= 15 is 0 Å². The van der Waals surface area contributed by atoms with E-state index in [0.717, 1.165) is 24.3 Å². The van der Waals surface area contributed by atoms with Crippen LogP contribution in [0.25, 0.3) is 0 Å². The van der Waals surface area contributed by atoms with Crippen molar-refractivity contribution in [3.63, 3.8) is 0 Å². The Hall–Kier alpha value is -1.43. The molecule has 0 aromatic heterocycles. The summed E-state index contributed by atoms with van der Waals surface area (Å²) in [5.74, 6) is -4.44. The molecule has 0 unspecified atom stereocenters. The molecule has 1 rings (SSSR count). The van der Waals surface area contributed by atoms with Crippen LogP contribution in [0.1, 0.15) is 15.9 Å². The Kier molecular flexibility index (Phi) is 3.32. The molecule has 2 nitrogen and oxygen atoms in total. The standard InChI is InChI=1S/C10H8F4O2/c1-16-10(13,14)9(11,12)8-4-2-7(6-15)3-5-8/h2-6H,1H3. The molecule has 0 saturated carbocycles. The van der Waals surface area contributed by atoms with E-state index in [1.54, 1.807) is 0 Å². The molecule has 88 valence electrons. The third kappa shape index (κ3) is 2.06. The summed E-state index contributed by atoms with van der Waals surface area (Å²) < 4.78 is 55.4. The van der Waals surface area contributed by atoms with E-state index in [-0.39, 0.29) is 5.56 Å². The SMILES string of the molecule is COC(F)(F)C(F)(F)c1ccc(C=O)cc1. The van der Waals surface area contributed by atoms with Crippen molar-refractivity contribution in [2.75, 3.05) is 7.11 Å². The quantitative estimate of drug-likeness (QED) is 0.593. The predicted molar refractivity (Wildman–Crippen MR) is 47.7 cm³/mol. The average molecular weight is 236 g/mol. The molecular formula is C10H8F4O2. The van der Waals surface area contributed by atoms with Crippen molar-refractivity contribution >= 4 is 6.29 Å². The molecule has 0 spiro atoms. The molecule has 0 bridgehead atoms. The monoisotopic (exact) mass is 236 g/mol. The van der Waals surface area contributed by atoms with E-state index in [4.69, 9.17) is 0 Å². The maximum Gasteiger partial charge on any atom is 0.423 e. The first-order valence-electron chi connectivity index (χ1n) is 4.21. The van der Waals surface area contributed by atoms with Crippen LogP contribution in [0.4, 0.5) is 17.6 Å². The summed E-state index contributed by atoms with van der Waals surface area (Å²) in [4.78, 5) is 10.3. The number of carbonyl (C=O) groups excluding carboxylic acids is 1. The van der Waals surface area contributed by atoms with Gasteiger partial charge in [0.25, 0.3) is 0 Å². The lowest BCUT2D eigenvalue weighted by molar-refractivity contribution is -0.344. The minimum atomic E-state index is -4.59. The summed E-state index contributed by atoms with van der Waals surface area (Å²) in [5, 5.41) is 0. The fourth-order valence-corrected chi connectivity index (χ4v) is 1.07. The first-order valence-corrected chi connectivity index (χ1v) is 4.21. The lowest BCUT2D eigenvalue weighted by Gasteiger charge is -2.24. The number of alkyl halides is 4. The van der Waals surface area contributed by atoms with Crippen molar-refractivity contribution < 1.29 is 27.1 Å². The van der Waals surface area contributed by atoms with Crippen LogP contribution < -0.4 is 0 Å². The van der Waals surface area contributed by atoms with E-state index in [1.165, 1.54) is 0 Å². The molecule has 1 aromatic rings. The predicted octanol–water partition coefficient (Wildman–Crippen LogP) is 2.83. The van der Waals surface area contributed by atoms with Crippen molar-refractivity contribution in [3.05, 3.63) is 35.4 Å². The Bertz CT molecular complexity index is 373. The number of methoxy groups -OCH3 is 1. The van der Waals surface area contributed by atoms with Gasteiger partial charge in [0.1, 0.15) is 6.29 Å². The maximum atomic E-state index is 13.2. The molecule has 0 heterocycles. The van der Waals surface area contributed by atoms with Gasteiger partial charge in [-0.2, -0.15) is 17.6 Å². The van der Waals surface area contributed by atoms with Gasteiger partial charge in [0.05, 0.1) is 0 Å². The van der Waals surface area contributed by atoms with Crippen LogP contribution in [0.3, 0.4) is 0 Å². The summed E-state index contributed by atoms with van der Waals surface area (Å²) in [6.45, 7) is 0. The highest BCUT2D eigenvalue weighted by molar-refractivity contribution is 5.74. The van der Waals surface area contributed by atoms with E-state index < -0.39 is 17.6 Å². The molecule has 0 aliphatic rings. The molecule has 0 atom stereocenters. The first-order chi connectivity index (χ1) is 7.35. The number of rotatable bonds is 4. The number of ether oxygens (including phenoxy) is 1. The zero-order chi connectivity index (χ0) is 12.4. The minimum absolute atomic E-state index is 0.125. The molecule has 0 aliphatic heterocycles. The van der Waals surface area contributed by atoms with Gasteiger partial charge in [0.15, 0.2) is 0 Å². The Balaban J connectivity index is 3.11. The third-order valence-electron chi connectivity index (χ3n) is 2.03. The molecule has 0 saturated heterocycles. The minimum Gasteiger partial charge on any atom is -0.319 e. The number of halogens is 4. The molecule has 1 aromatic carbocycles. The van der Waals surface area contributed by atoms with Crippen LogP contribution in [0.5, 0.6) is 0 Å². The number of carbonyl (C=O) groups is 1. The highest BCUT2D eigenvalue weighted by Gasteiger charge is 2.58. The summed E-state index contributed by atoms with van der Waals surface area (Å²) >= 11 is 0. The highest BCUT2D eigenvalue weighted by atomic mass is 19.3. The van der Waals surface area contributed by atoms with Crippen molar-refractivity contribution in [1.82, 2.24) is 0 Å². The fourth-order valence-electron chi connectivity index (χ4n) is 1.07. The second kappa shape index (κ2) is 4.21. The van der Waals surface area contributed by atoms with Gasteiger partial charge in [-0.25, -0.2) is 0 Å². The molecule has 0 fully saturated rings. The van der Waals surface area contributed by atoms with Crippen molar-refractivity contribution in [1.29, 1.82) is 0 Å². The molecule has 16 heavy (non-hydrogen) atoms. The molecule has 0 radical (unpaired) electrons. The second-order valence-electron chi connectivity index (χ2n) is 3.04. The van der Waals surface area contributed by atoms with Gasteiger partial charge in [-0.05, 0) is 0 Å². The zero-order valence-corrected chi connectivity index (χ0v) is 8.22. The van der Waals surface area contributed by atoms with Crippen molar-refractivity contribution in [2.45, 2.75) is 12.0 Å². The Morgan fingerprint density at radius 2 is 1.62 bits per heavy atom. The van der Waals surface area contributed by atoms with Crippen LogP contribution in [0.15, 0.2) is 24.3 Å². The number of hydrogen-bond donors (Lipinski definition) is 0. The van der Waals surface area contributed by atoms with Gasteiger partial charge < -0.3 is 4.74 Å². The van der Waals surface area contributed by atoms with Gasteiger partial charge in [-0.15, -0.1) is 0 Å². The van der Waals surface area contributed by atoms with Crippen LogP contribution >= 0.6 is 0 Å². The molecule has 0 N–H and O–H groups in total. The van der Waals surface area contributed by atoms with Gasteiger partial charge >= 0.3 is 12.0 Å². The van der Waals surface area contributed by atoms with Gasteiger partial charge in [-0.3, -0.25) is 4.79 Å². The number of benzene rings is 1. The second-order valence-corrected chi connectivity index (χ2v) is 3.04. The Labute approximate surface area is 88.8 Å². The van der Waals surface area contributed by atoms with Crippen molar-refractivity contribution in [3.8, 4) is 0 Å². The number of hydrogen-bond acceptors (Lipinski definition) is 2. The van der Waals surface area contributed by atoms with Crippen molar-refractivity contribution in [2.24, 2.45) is 0 Å². The van der Waals surface area contributed by atoms with Crippen LogP contribution in [0.2, 0.25) is 0 Å². The summed E-state index contributed by atoms with van der Waals surface area (Å²) in [7, 11) is 0.494. The molecule has 0 amide bonds. The van der Waals surface area contributed by atoms with Crippen LogP contribution in [-0.4, -0.2) is 19.5 Å². The van der Waals surface area contributed by atoms with Gasteiger partial charge in [-0.1, -0.05) is 24.3 Å². The van der Waals surface area contributed by atoms with Gasteiger partial charge in [0, 0.05) is 18.2 Å². The Morgan fingerprint density at radius 3 is 2.00 bits per heavy atom. The van der Waals surface area contributed by atoms with E-state index in [2.05, 4.69) is 4.74 Å². The van der Waals surface area contributed by atoms with Gasteiger partial charge in [0.2, 0.25) is 0 Å². The largest absolute Gasteiger partial charge is 0.423 e. The smallest absolute Gasteiger partial charge is 0.319 e. The molecular weight excluding hydrogens is 228 g/mol. The van der Waals surface area contributed by atoms with E-state index in [0.29, 0.717) is 13.4 Å². The van der Waals surface area contributed by atoms with Crippen LogP contribution in [0, 0.1) is 0 Å². The zero-order valence-electron chi connectivity index (χ0n) is 8.22. The highest BCUT2D eigenvalue weighted by Crippen LogP contribution is 2.43. The molecule has 6 heteroatoms. The van der Waals surface area contributed by atoms with Crippen LogP contribution in [-0.2, 0) is 10.7 Å². The summed E-state index contributed by atoms with van der Waals surface area (Å²) in [5.41, 5.74) is -0.787. The van der Waals surface area contributed by atoms with E-state index in [9.17, 15) is 22.4 Å². The normalized spacial score (nSPS) is 12.6. The fraction of sp³-hybridized carbons (Fsp3) is 0.300. The van der Waals surface area contributed by atoms with E-state index in [1.807, 2.05) is 0 Å². The Morgan fingerprint density at radius 1 is 1.12 bits per heavy atom. The topological polar surface area (TPSA) is 26.3 Å². The maximum absolute atomic E-state index is 13.2. The number of aldehydes is 1. The molecule has 0 aliphatic carbocycles. The first kappa shape index (κ1) is 12.6. The lowest BCUT2D eigenvalue weighted by Crippen LogP contribution is -2.39. The average Bonchev–Trinajstić information content (AvgIpc) is 2.29.